The van der Waals surface area contributed by atoms with Crippen molar-refractivity contribution in [3.8, 4) is 0 Å². The summed E-state index contributed by atoms with van der Waals surface area (Å²) in [6.45, 7) is 10.9. The van der Waals surface area contributed by atoms with Gasteiger partial charge >= 0.3 is 0 Å². The van der Waals surface area contributed by atoms with Gasteiger partial charge in [-0.25, -0.2) is 0 Å². The summed E-state index contributed by atoms with van der Waals surface area (Å²) in [7, 11) is 0. The van der Waals surface area contributed by atoms with Gasteiger partial charge in [0.2, 0.25) is 0 Å². The second kappa shape index (κ2) is 6.23. The molecule has 106 valence electrons. The smallest absolute Gasteiger partial charge is 0.0300 e. The minimum absolute atomic E-state index is 0.352. The third-order valence-corrected chi connectivity index (χ3v) is 3.93. The van der Waals surface area contributed by atoms with E-state index in [-0.39, 0.29) is 0 Å². The summed E-state index contributed by atoms with van der Waals surface area (Å²) >= 11 is 0. The first kappa shape index (κ1) is 14.8. The van der Waals surface area contributed by atoms with Crippen LogP contribution >= 0.6 is 0 Å². The summed E-state index contributed by atoms with van der Waals surface area (Å²) in [6.07, 6.45) is 0. The van der Waals surface area contributed by atoms with E-state index >= 15 is 0 Å². The van der Waals surface area contributed by atoms with Crippen LogP contribution in [0.5, 0.6) is 0 Å². The molecule has 0 saturated carbocycles. The molecule has 0 bridgehead atoms. The van der Waals surface area contributed by atoms with E-state index in [2.05, 4.69) is 82.4 Å². The Kier molecular flexibility index (Phi) is 4.61. The van der Waals surface area contributed by atoms with Crippen LogP contribution in [-0.4, -0.2) is 0 Å². The number of nitrogens with one attached hydrogen (secondary N) is 1. The zero-order valence-corrected chi connectivity index (χ0v) is 13.2. The monoisotopic (exact) mass is 267 g/mol. The molecule has 0 aromatic heterocycles. The summed E-state index contributed by atoms with van der Waals surface area (Å²) in [4.78, 5) is 0. The predicted octanol–water partition coefficient (Wildman–Crippen LogP) is 5.02. The lowest BCUT2D eigenvalue weighted by Crippen LogP contribution is -2.23. The van der Waals surface area contributed by atoms with E-state index in [0.29, 0.717) is 12.1 Å². The van der Waals surface area contributed by atoms with Gasteiger partial charge in [-0.15, -0.1) is 0 Å². The van der Waals surface area contributed by atoms with Crippen molar-refractivity contribution in [2.45, 2.75) is 46.7 Å². The van der Waals surface area contributed by atoms with Crippen molar-refractivity contribution in [2.75, 3.05) is 0 Å². The summed E-state index contributed by atoms with van der Waals surface area (Å²) in [5.74, 6) is 0. The predicted molar refractivity (Wildman–Crippen MR) is 87.1 cm³/mol. The maximum atomic E-state index is 3.70. The Morgan fingerprint density at radius 3 is 2.15 bits per heavy atom. The van der Waals surface area contributed by atoms with E-state index in [1.807, 2.05) is 0 Å². The van der Waals surface area contributed by atoms with Crippen LogP contribution < -0.4 is 5.32 Å². The number of hydrogen-bond acceptors (Lipinski definition) is 1. The van der Waals surface area contributed by atoms with Crippen molar-refractivity contribution in [3.63, 3.8) is 0 Å². The second-order valence-corrected chi connectivity index (χ2v) is 5.88. The Labute approximate surface area is 123 Å². The fourth-order valence-corrected chi connectivity index (χ4v) is 2.81. The molecule has 0 spiro atoms. The minimum atomic E-state index is 0.352. The molecule has 0 saturated heterocycles. The topological polar surface area (TPSA) is 12.0 Å². The first-order valence-electron chi connectivity index (χ1n) is 7.37. The molecule has 0 amide bonds. The molecule has 0 aliphatic carbocycles. The molecule has 20 heavy (non-hydrogen) atoms. The van der Waals surface area contributed by atoms with Crippen LogP contribution in [0.1, 0.15) is 53.7 Å². The van der Waals surface area contributed by atoms with Gasteiger partial charge in [0.05, 0.1) is 0 Å². The summed E-state index contributed by atoms with van der Waals surface area (Å²) < 4.78 is 0. The maximum Gasteiger partial charge on any atom is 0.0300 e. The van der Waals surface area contributed by atoms with Crippen LogP contribution in [0.2, 0.25) is 0 Å². The molecular formula is C19H25N. The van der Waals surface area contributed by atoms with Gasteiger partial charge < -0.3 is 5.32 Å². The molecule has 0 aliphatic rings. The van der Waals surface area contributed by atoms with Crippen molar-refractivity contribution in [2.24, 2.45) is 0 Å². The van der Waals surface area contributed by atoms with Gasteiger partial charge in [0.15, 0.2) is 0 Å². The van der Waals surface area contributed by atoms with Gasteiger partial charge in [-0.05, 0) is 51.3 Å². The quantitative estimate of drug-likeness (QED) is 0.819. The second-order valence-electron chi connectivity index (χ2n) is 5.88. The van der Waals surface area contributed by atoms with E-state index in [1.165, 1.54) is 27.8 Å². The van der Waals surface area contributed by atoms with Crippen LogP contribution in [0, 0.1) is 20.8 Å². The van der Waals surface area contributed by atoms with Gasteiger partial charge in [0.25, 0.3) is 0 Å². The van der Waals surface area contributed by atoms with E-state index in [1.54, 1.807) is 0 Å². The fraction of sp³-hybridized carbons (Fsp3) is 0.368. The van der Waals surface area contributed by atoms with E-state index < -0.39 is 0 Å². The minimum Gasteiger partial charge on any atom is -0.304 e. The normalized spacial score (nSPS) is 14.1. The molecule has 0 heterocycles. The Morgan fingerprint density at radius 1 is 0.800 bits per heavy atom. The van der Waals surface area contributed by atoms with E-state index in [0.717, 1.165) is 0 Å². The Balaban J connectivity index is 2.12. The standard InChI is InChI=1S/C19H25N/c1-13-7-6-8-18(12-13)16(4)20-17(5)19-10-9-14(2)11-15(19)3/h6-12,16-17,20H,1-5H3/t16-,17?/m0/s1. The molecule has 2 atom stereocenters. The number of benzene rings is 2. The highest BCUT2D eigenvalue weighted by Gasteiger charge is 2.12. The molecule has 1 nitrogen and oxygen atoms in total. The molecule has 0 fully saturated rings. The highest BCUT2D eigenvalue weighted by molar-refractivity contribution is 5.33. The summed E-state index contributed by atoms with van der Waals surface area (Å²) in [5, 5.41) is 3.70. The fourth-order valence-electron chi connectivity index (χ4n) is 2.81. The molecule has 0 aliphatic heterocycles. The van der Waals surface area contributed by atoms with Crippen molar-refractivity contribution in [1.29, 1.82) is 0 Å². The van der Waals surface area contributed by atoms with Crippen LogP contribution in [0.15, 0.2) is 42.5 Å². The highest BCUT2D eigenvalue weighted by Crippen LogP contribution is 2.23. The molecule has 2 aromatic rings. The Hall–Kier alpha value is -1.60. The van der Waals surface area contributed by atoms with Gasteiger partial charge in [0.1, 0.15) is 0 Å². The van der Waals surface area contributed by atoms with Crippen molar-refractivity contribution < 1.29 is 0 Å². The zero-order valence-electron chi connectivity index (χ0n) is 13.2. The first-order chi connectivity index (χ1) is 9.47. The third kappa shape index (κ3) is 3.49. The molecule has 1 N–H and O–H groups in total. The molecule has 0 radical (unpaired) electrons. The average Bonchev–Trinajstić information content (AvgIpc) is 2.38. The molecule has 2 aromatic carbocycles. The van der Waals surface area contributed by atoms with Gasteiger partial charge in [-0.1, -0.05) is 53.6 Å². The SMILES string of the molecule is Cc1cccc([C@H](C)NC(C)c2ccc(C)cc2C)c1. The van der Waals surface area contributed by atoms with Crippen molar-refractivity contribution in [3.05, 3.63) is 70.3 Å². The molecule has 1 unspecified atom stereocenters. The lowest BCUT2D eigenvalue weighted by atomic mass is 9.98. The van der Waals surface area contributed by atoms with Gasteiger partial charge in [-0.3, -0.25) is 0 Å². The summed E-state index contributed by atoms with van der Waals surface area (Å²) in [5.41, 5.74) is 6.73. The molecule has 1 heteroatoms. The van der Waals surface area contributed by atoms with Crippen LogP contribution in [0.4, 0.5) is 0 Å². The van der Waals surface area contributed by atoms with Crippen LogP contribution in [0.25, 0.3) is 0 Å². The lowest BCUT2D eigenvalue weighted by molar-refractivity contribution is 0.493. The summed E-state index contributed by atoms with van der Waals surface area (Å²) in [6, 6.07) is 16.1. The largest absolute Gasteiger partial charge is 0.304 e. The van der Waals surface area contributed by atoms with Crippen LogP contribution in [0.3, 0.4) is 0 Å². The highest BCUT2D eigenvalue weighted by atomic mass is 14.9. The molecular weight excluding hydrogens is 242 g/mol. The number of aryl methyl sites for hydroxylation is 3. The first-order valence-corrected chi connectivity index (χ1v) is 7.37. The van der Waals surface area contributed by atoms with Crippen molar-refractivity contribution in [1.82, 2.24) is 5.32 Å². The van der Waals surface area contributed by atoms with Gasteiger partial charge in [0, 0.05) is 12.1 Å². The Morgan fingerprint density at radius 2 is 1.50 bits per heavy atom. The maximum absolute atomic E-state index is 3.70. The average molecular weight is 267 g/mol. The third-order valence-electron chi connectivity index (χ3n) is 3.93. The van der Waals surface area contributed by atoms with Crippen molar-refractivity contribution >= 4 is 0 Å². The van der Waals surface area contributed by atoms with Gasteiger partial charge in [-0.2, -0.15) is 0 Å². The zero-order chi connectivity index (χ0) is 14.7. The van der Waals surface area contributed by atoms with Crippen LogP contribution in [-0.2, 0) is 0 Å². The lowest BCUT2D eigenvalue weighted by Gasteiger charge is -2.22. The van der Waals surface area contributed by atoms with E-state index in [4.69, 9.17) is 0 Å². The number of rotatable bonds is 4. The van der Waals surface area contributed by atoms with E-state index in [9.17, 15) is 0 Å². The number of hydrogen-bond donors (Lipinski definition) is 1. The Bertz CT molecular complexity index is 586. The molecule has 2 rings (SSSR count).